The highest BCUT2D eigenvalue weighted by atomic mass is 16.5. The normalized spacial score (nSPS) is 10.7. The van der Waals surface area contributed by atoms with Crippen LogP contribution >= 0.6 is 0 Å². The lowest BCUT2D eigenvalue weighted by atomic mass is 10.0. The maximum Gasteiger partial charge on any atom is 0.162 e. The first-order valence-corrected chi connectivity index (χ1v) is 7.45. The van der Waals surface area contributed by atoms with Crippen LogP contribution in [0, 0.1) is 0 Å². The number of benzene rings is 2. The van der Waals surface area contributed by atoms with Gasteiger partial charge in [-0.2, -0.15) is 0 Å². The first-order valence-electron chi connectivity index (χ1n) is 7.45. The SMILES string of the molecule is CCC(=O)c1ccc(COc2ccccc2C(C)C)cc1. The fourth-order valence-corrected chi connectivity index (χ4v) is 2.24. The van der Waals surface area contributed by atoms with Crippen molar-refractivity contribution in [3.63, 3.8) is 0 Å². The minimum atomic E-state index is 0.174. The third-order valence-electron chi connectivity index (χ3n) is 3.53. The number of hydrogen-bond acceptors (Lipinski definition) is 2. The highest BCUT2D eigenvalue weighted by molar-refractivity contribution is 5.95. The number of carbonyl (C=O) groups is 1. The zero-order valence-corrected chi connectivity index (χ0v) is 12.9. The van der Waals surface area contributed by atoms with Gasteiger partial charge in [-0.25, -0.2) is 0 Å². The Morgan fingerprint density at radius 1 is 1.05 bits per heavy atom. The Kier molecular flexibility index (Phi) is 5.15. The minimum absolute atomic E-state index is 0.174. The van der Waals surface area contributed by atoms with E-state index in [1.165, 1.54) is 5.56 Å². The van der Waals surface area contributed by atoms with Crippen molar-refractivity contribution in [2.24, 2.45) is 0 Å². The maximum absolute atomic E-state index is 11.6. The zero-order chi connectivity index (χ0) is 15.2. The highest BCUT2D eigenvalue weighted by Gasteiger charge is 2.07. The van der Waals surface area contributed by atoms with Crippen LogP contribution in [0.2, 0.25) is 0 Å². The molecule has 21 heavy (non-hydrogen) atoms. The van der Waals surface area contributed by atoms with E-state index >= 15 is 0 Å². The van der Waals surface area contributed by atoms with Gasteiger partial charge in [-0.05, 0) is 23.1 Å². The van der Waals surface area contributed by atoms with E-state index in [0.29, 0.717) is 18.9 Å². The van der Waals surface area contributed by atoms with E-state index in [1.807, 2.05) is 49.4 Å². The van der Waals surface area contributed by atoms with Crippen LogP contribution in [0.3, 0.4) is 0 Å². The van der Waals surface area contributed by atoms with Crippen molar-refractivity contribution in [2.75, 3.05) is 0 Å². The molecule has 0 N–H and O–H groups in total. The van der Waals surface area contributed by atoms with Crippen molar-refractivity contribution in [2.45, 2.75) is 39.7 Å². The molecule has 2 heteroatoms. The Bertz CT molecular complexity index is 597. The molecule has 0 aliphatic heterocycles. The second-order valence-corrected chi connectivity index (χ2v) is 5.45. The number of ether oxygens (including phenoxy) is 1. The molecule has 0 radical (unpaired) electrons. The largest absolute Gasteiger partial charge is 0.489 e. The van der Waals surface area contributed by atoms with E-state index in [1.54, 1.807) is 0 Å². The third-order valence-corrected chi connectivity index (χ3v) is 3.53. The summed E-state index contributed by atoms with van der Waals surface area (Å²) in [5.41, 5.74) is 3.06. The molecule has 2 nitrogen and oxygen atoms in total. The molecule has 0 atom stereocenters. The zero-order valence-electron chi connectivity index (χ0n) is 12.9. The Morgan fingerprint density at radius 2 is 1.71 bits per heavy atom. The smallest absolute Gasteiger partial charge is 0.162 e. The van der Waals surface area contributed by atoms with E-state index in [-0.39, 0.29) is 5.78 Å². The van der Waals surface area contributed by atoms with Crippen molar-refractivity contribution >= 4 is 5.78 Å². The fourth-order valence-electron chi connectivity index (χ4n) is 2.24. The average molecular weight is 282 g/mol. The van der Waals surface area contributed by atoms with Gasteiger partial charge < -0.3 is 4.74 Å². The molecule has 2 aromatic carbocycles. The highest BCUT2D eigenvalue weighted by Crippen LogP contribution is 2.26. The monoisotopic (exact) mass is 282 g/mol. The lowest BCUT2D eigenvalue weighted by molar-refractivity contribution is 0.0988. The third kappa shape index (κ3) is 3.94. The predicted molar refractivity (Wildman–Crippen MR) is 85.9 cm³/mol. The van der Waals surface area contributed by atoms with E-state index in [0.717, 1.165) is 16.9 Å². The van der Waals surface area contributed by atoms with Gasteiger partial charge in [0.25, 0.3) is 0 Å². The molecule has 0 heterocycles. The number of rotatable bonds is 6. The van der Waals surface area contributed by atoms with Crippen LogP contribution in [0.15, 0.2) is 48.5 Å². The summed E-state index contributed by atoms with van der Waals surface area (Å²) in [7, 11) is 0. The Labute approximate surface area is 126 Å². The van der Waals surface area contributed by atoms with Crippen LogP contribution in [-0.2, 0) is 6.61 Å². The Balaban J connectivity index is 2.05. The van der Waals surface area contributed by atoms with Gasteiger partial charge in [-0.15, -0.1) is 0 Å². The van der Waals surface area contributed by atoms with Crippen molar-refractivity contribution < 1.29 is 9.53 Å². The first kappa shape index (κ1) is 15.3. The van der Waals surface area contributed by atoms with Gasteiger partial charge in [0.15, 0.2) is 5.78 Å². The maximum atomic E-state index is 11.6. The number of Topliss-reactive ketones (excluding diaryl/α,β-unsaturated/α-hetero) is 1. The van der Waals surface area contributed by atoms with E-state index in [4.69, 9.17) is 4.74 Å². The predicted octanol–water partition coefficient (Wildman–Crippen LogP) is 4.98. The van der Waals surface area contributed by atoms with Gasteiger partial charge in [0, 0.05) is 12.0 Å². The summed E-state index contributed by atoms with van der Waals surface area (Å²) in [5.74, 6) is 1.54. The van der Waals surface area contributed by atoms with Crippen LogP contribution < -0.4 is 4.74 Å². The standard InChI is InChI=1S/C19H22O2/c1-4-18(20)16-11-9-15(10-12-16)13-21-19-8-6-5-7-17(19)14(2)3/h5-12,14H,4,13H2,1-3H3. The van der Waals surface area contributed by atoms with E-state index in [2.05, 4.69) is 19.9 Å². The van der Waals surface area contributed by atoms with Crippen molar-refractivity contribution in [1.82, 2.24) is 0 Å². The second kappa shape index (κ2) is 7.07. The molecule has 0 saturated heterocycles. The molecule has 0 bridgehead atoms. The molecule has 0 aliphatic carbocycles. The van der Waals surface area contributed by atoms with E-state index in [9.17, 15) is 4.79 Å². The Hall–Kier alpha value is -2.09. The molecule has 2 aromatic rings. The summed E-state index contributed by atoms with van der Waals surface area (Å²) >= 11 is 0. The van der Waals surface area contributed by atoms with Crippen LogP contribution in [-0.4, -0.2) is 5.78 Å². The molecule has 2 rings (SSSR count). The molecule has 0 saturated carbocycles. The molecule has 0 spiro atoms. The van der Waals surface area contributed by atoms with Gasteiger partial charge in [0.1, 0.15) is 12.4 Å². The first-order chi connectivity index (χ1) is 10.1. The van der Waals surface area contributed by atoms with E-state index < -0.39 is 0 Å². The lowest BCUT2D eigenvalue weighted by Crippen LogP contribution is -2.01. The van der Waals surface area contributed by atoms with Crippen molar-refractivity contribution in [1.29, 1.82) is 0 Å². The lowest BCUT2D eigenvalue weighted by Gasteiger charge is -2.14. The van der Waals surface area contributed by atoms with Gasteiger partial charge in [-0.1, -0.05) is 63.2 Å². The summed E-state index contributed by atoms with van der Waals surface area (Å²) in [6.07, 6.45) is 0.539. The number of ketones is 1. The molecule has 0 aliphatic rings. The molecule has 110 valence electrons. The summed E-state index contributed by atoms with van der Waals surface area (Å²) < 4.78 is 5.93. The van der Waals surface area contributed by atoms with Gasteiger partial charge >= 0.3 is 0 Å². The quantitative estimate of drug-likeness (QED) is 0.698. The van der Waals surface area contributed by atoms with Gasteiger partial charge in [0.05, 0.1) is 0 Å². The number of carbonyl (C=O) groups excluding carboxylic acids is 1. The van der Waals surface area contributed by atoms with Crippen LogP contribution in [0.5, 0.6) is 5.75 Å². The number of para-hydroxylation sites is 1. The Morgan fingerprint density at radius 3 is 2.33 bits per heavy atom. The molecule has 0 unspecified atom stereocenters. The average Bonchev–Trinajstić information content (AvgIpc) is 2.52. The molecular weight excluding hydrogens is 260 g/mol. The van der Waals surface area contributed by atoms with Crippen molar-refractivity contribution in [3.8, 4) is 5.75 Å². The summed E-state index contributed by atoms with van der Waals surface area (Å²) in [6, 6.07) is 15.8. The van der Waals surface area contributed by atoms with Crippen molar-refractivity contribution in [3.05, 3.63) is 65.2 Å². The summed E-state index contributed by atoms with van der Waals surface area (Å²) in [6.45, 7) is 6.72. The summed E-state index contributed by atoms with van der Waals surface area (Å²) in [5, 5.41) is 0. The van der Waals surface area contributed by atoms with Crippen LogP contribution in [0.25, 0.3) is 0 Å². The molecular formula is C19H22O2. The van der Waals surface area contributed by atoms with Gasteiger partial charge in [-0.3, -0.25) is 4.79 Å². The molecule has 0 fully saturated rings. The fraction of sp³-hybridized carbons (Fsp3) is 0.316. The summed E-state index contributed by atoms with van der Waals surface area (Å²) in [4.78, 5) is 11.6. The van der Waals surface area contributed by atoms with Crippen LogP contribution in [0.1, 0.15) is 54.6 Å². The van der Waals surface area contributed by atoms with Gasteiger partial charge in [0.2, 0.25) is 0 Å². The second-order valence-electron chi connectivity index (χ2n) is 5.45. The minimum Gasteiger partial charge on any atom is -0.489 e. The molecule has 0 amide bonds. The van der Waals surface area contributed by atoms with Crippen LogP contribution in [0.4, 0.5) is 0 Å². The number of hydrogen-bond donors (Lipinski definition) is 0. The molecule has 0 aromatic heterocycles. The topological polar surface area (TPSA) is 26.3 Å².